The zero-order chi connectivity index (χ0) is 22.9. The molecule has 0 radical (unpaired) electrons. The number of ether oxygens (including phenoxy) is 3. The van der Waals surface area contributed by atoms with Crippen LogP contribution < -0.4 is 4.74 Å². The van der Waals surface area contributed by atoms with Gasteiger partial charge in [-0.15, -0.1) is 0 Å². The molecule has 1 saturated carbocycles. The van der Waals surface area contributed by atoms with Crippen LogP contribution in [-0.4, -0.2) is 51.4 Å². The molecule has 2 atom stereocenters. The summed E-state index contributed by atoms with van der Waals surface area (Å²) in [5.74, 6) is 0.583. The Morgan fingerprint density at radius 2 is 1.84 bits per heavy atom. The molecule has 5 nitrogen and oxygen atoms in total. The molecule has 2 fully saturated rings. The lowest BCUT2D eigenvalue weighted by Crippen LogP contribution is -2.55. The molecule has 2 aromatic carbocycles. The Kier molecular flexibility index (Phi) is 6.28. The minimum absolute atomic E-state index is 0.136. The van der Waals surface area contributed by atoms with E-state index in [1.807, 2.05) is 12.1 Å². The summed E-state index contributed by atoms with van der Waals surface area (Å²) in [4.78, 5) is 14.1. The Morgan fingerprint density at radius 3 is 2.50 bits per heavy atom. The first-order valence-electron chi connectivity index (χ1n) is 11.1. The van der Waals surface area contributed by atoms with Crippen LogP contribution in [0, 0.1) is 22.6 Å². The van der Waals surface area contributed by atoms with Crippen molar-refractivity contribution in [3.63, 3.8) is 0 Å². The molecular formula is C26H32FNO4. The van der Waals surface area contributed by atoms with Gasteiger partial charge in [-0.2, -0.15) is 0 Å². The van der Waals surface area contributed by atoms with Crippen molar-refractivity contribution in [2.24, 2.45) is 16.7 Å². The molecule has 0 aromatic heterocycles. The van der Waals surface area contributed by atoms with Gasteiger partial charge in [0.15, 0.2) is 6.61 Å². The number of esters is 1. The van der Waals surface area contributed by atoms with Crippen molar-refractivity contribution in [1.29, 1.82) is 0 Å². The first-order chi connectivity index (χ1) is 15.3. The quantitative estimate of drug-likeness (QED) is 0.563. The van der Waals surface area contributed by atoms with Gasteiger partial charge in [-0.25, -0.2) is 9.18 Å². The van der Waals surface area contributed by atoms with Gasteiger partial charge in [-0.05, 0) is 53.1 Å². The Labute approximate surface area is 189 Å². The van der Waals surface area contributed by atoms with E-state index >= 15 is 0 Å². The number of nitrogens with zero attached hydrogens (tertiary/aromatic N) is 1. The van der Waals surface area contributed by atoms with Crippen molar-refractivity contribution in [2.45, 2.75) is 26.8 Å². The average molecular weight is 442 g/mol. The zero-order valence-corrected chi connectivity index (χ0v) is 19.3. The van der Waals surface area contributed by atoms with Gasteiger partial charge in [-0.3, -0.25) is 4.90 Å². The molecule has 0 unspecified atom stereocenters. The molecule has 0 bridgehead atoms. The Balaban J connectivity index is 1.59. The lowest BCUT2D eigenvalue weighted by atomic mass is 9.48. The van der Waals surface area contributed by atoms with E-state index in [4.69, 9.17) is 14.2 Å². The van der Waals surface area contributed by atoms with Gasteiger partial charge in [0.1, 0.15) is 11.6 Å². The molecule has 1 heterocycles. The fourth-order valence-corrected chi connectivity index (χ4v) is 5.93. The van der Waals surface area contributed by atoms with Gasteiger partial charge < -0.3 is 14.2 Å². The molecule has 0 amide bonds. The Morgan fingerprint density at radius 1 is 1.12 bits per heavy atom. The van der Waals surface area contributed by atoms with Gasteiger partial charge in [0.2, 0.25) is 0 Å². The highest BCUT2D eigenvalue weighted by atomic mass is 19.1. The number of rotatable bonds is 8. The van der Waals surface area contributed by atoms with E-state index in [2.05, 4.69) is 24.8 Å². The molecule has 172 valence electrons. The van der Waals surface area contributed by atoms with Gasteiger partial charge in [-0.1, -0.05) is 32.0 Å². The molecule has 6 heteroatoms. The second-order valence-electron chi connectivity index (χ2n) is 9.88. The summed E-state index contributed by atoms with van der Waals surface area (Å²) >= 11 is 0. The molecule has 1 aliphatic heterocycles. The first-order valence-corrected chi connectivity index (χ1v) is 11.1. The monoisotopic (exact) mass is 441 g/mol. The van der Waals surface area contributed by atoms with E-state index < -0.39 is 5.97 Å². The molecule has 0 N–H and O–H groups in total. The number of hydrogen-bond acceptors (Lipinski definition) is 5. The summed E-state index contributed by atoms with van der Waals surface area (Å²) in [5, 5.41) is 0. The van der Waals surface area contributed by atoms with Crippen LogP contribution in [0.4, 0.5) is 4.39 Å². The number of methoxy groups -OCH3 is 2. The van der Waals surface area contributed by atoms with Crippen molar-refractivity contribution in [3.05, 3.63) is 53.8 Å². The van der Waals surface area contributed by atoms with Crippen LogP contribution in [0.2, 0.25) is 0 Å². The smallest absolute Gasteiger partial charge is 0.343 e. The van der Waals surface area contributed by atoms with Gasteiger partial charge in [0, 0.05) is 37.7 Å². The normalized spacial score (nSPS) is 24.0. The van der Waals surface area contributed by atoms with Crippen molar-refractivity contribution < 1.29 is 23.4 Å². The number of carbonyl (C=O) groups is 1. The van der Waals surface area contributed by atoms with E-state index in [1.54, 1.807) is 19.2 Å². The summed E-state index contributed by atoms with van der Waals surface area (Å²) in [7, 11) is 3.13. The Bertz CT molecular complexity index is 974. The average Bonchev–Trinajstić information content (AvgIpc) is 3.06. The first kappa shape index (κ1) is 22.7. The summed E-state index contributed by atoms with van der Waals surface area (Å²) in [5.41, 5.74) is 3.44. The largest absolute Gasteiger partial charge is 0.482 e. The summed E-state index contributed by atoms with van der Waals surface area (Å²) in [6, 6.07) is 12.4. The number of hydrogen-bond donors (Lipinski definition) is 0. The highest BCUT2D eigenvalue weighted by Crippen LogP contribution is 2.62. The van der Waals surface area contributed by atoms with Crippen LogP contribution in [0.3, 0.4) is 0 Å². The second-order valence-corrected chi connectivity index (χ2v) is 9.88. The lowest BCUT2D eigenvalue weighted by molar-refractivity contribution is -0.142. The lowest BCUT2D eigenvalue weighted by Gasteiger charge is -2.56. The molecule has 32 heavy (non-hydrogen) atoms. The number of likely N-dealkylation sites (tertiary alicyclic amines) is 1. The summed E-state index contributed by atoms with van der Waals surface area (Å²) in [6.07, 6.45) is 1.16. The highest BCUT2D eigenvalue weighted by molar-refractivity contribution is 5.71. The fraction of sp³-hybridized carbons (Fsp3) is 0.500. The third-order valence-corrected chi connectivity index (χ3v) is 7.11. The maximum atomic E-state index is 13.4. The third-order valence-electron chi connectivity index (χ3n) is 7.11. The number of benzene rings is 2. The van der Waals surface area contributed by atoms with Crippen LogP contribution >= 0.6 is 0 Å². The third kappa shape index (κ3) is 4.39. The molecule has 1 aliphatic carbocycles. The standard InChI is InChI=1S/C26H32FNO4/c1-25(2)15-26(17-30-3)16-28(13-23(25)26)12-20-11-19(18-5-8-21(27)9-6-18)7-10-22(20)32-14-24(29)31-4/h5-11,23H,12-17H2,1-4H3/t23-,26-/m1/s1. The minimum atomic E-state index is -0.418. The number of carbonyl (C=O) groups excluding carboxylic acids is 1. The van der Waals surface area contributed by atoms with Crippen LogP contribution in [0.5, 0.6) is 5.75 Å². The minimum Gasteiger partial charge on any atom is -0.482 e. The van der Waals surface area contributed by atoms with Gasteiger partial charge in [0.05, 0.1) is 13.7 Å². The SMILES string of the molecule is COC[C@@]12CN(Cc3cc(-c4ccc(F)cc4)ccc3OCC(=O)OC)C[C@@H]1C(C)(C)C2. The molecule has 2 aliphatic rings. The predicted octanol–water partition coefficient (Wildman–Crippen LogP) is 4.54. The molecular weight excluding hydrogens is 409 g/mol. The van der Waals surface area contributed by atoms with Crippen LogP contribution in [-0.2, 0) is 20.8 Å². The maximum Gasteiger partial charge on any atom is 0.343 e. The summed E-state index contributed by atoms with van der Waals surface area (Å²) < 4.78 is 29.5. The van der Waals surface area contributed by atoms with Gasteiger partial charge >= 0.3 is 5.97 Å². The van der Waals surface area contributed by atoms with Crippen LogP contribution in [0.15, 0.2) is 42.5 Å². The van der Waals surface area contributed by atoms with E-state index in [0.717, 1.165) is 42.8 Å². The molecule has 1 saturated heterocycles. The fourth-order valence-electron chi connectivity index (χ4n) is 5.93. The van der Waals surface area contributed by atoms with Crippen molar-refractivity contribution in [2.75, 3.05) is 40.5 Å². The van der Waals surface area contributed by atoms with E-state index in [9.17, 15) is 9.18 Å². The zero-order valence-electron chi connectivity index (χ0n) is 19.3. The topological polar surface area (TPSA) is 48.0 Å². The predicted molar refractivity (Wildman–Crippen MR) is 121 cm³/mol. The molecule has 0 spiro atoms. The number of halogens is 1. The van der Waals surface area contributed by atoms with Gasteiger partial charge in [0.25, 0.3) is 0 Å². The molecule has 2 aromatic rings. The van der Waals surface area contributed by atoms with Crippen molar-refractivity contribution in [3.8, 4) is 16.9 Å². The highest BCUT2D eigenvalue weighted by Gasteiger charge is 2.62. The van der Waals surface area contributed by atoms with E-state index in [1.165, 1.54) is 19.2 Å². The summed E-state index contributed by atoms with van der Waals surface area (Å²) in [6.45, 7) is 8.02. The maximum absolute atomic E-state index is 13.4. The van der Waals surface area contributed by atoms with E-state index in [-0.39, 0.29) is 17.8 Å². The van der Waals surface area contributed by atoms with Crippen molar-refractivity contribution >= 4 is 5.97 Å². The molecule has 4 rings (SSSR count). The van der Waals surface area contributed by atoms with Crippen LogP contribution in [0.1, 0.15) is 25.8 Å². The second kappa shape index (κ2) is 8.83. The van der Waals surface area contributed by atoms with Crippen molar-refractivity contribution in [1.82, 2.24) is 4.90 Å². The number of fused-ring (bicyclic) bond motifs is 1. The van der Waals surface area contributed by atoms with Crippen LogP contribution in [0.25, 0.3) is 11.1 Å². The Hall–Kier alpha value is -2.44. The van der Waals surface area contributed by atoms with E-state index in [0.29, 0.717) is 23.6 Å².